The number of aliphatic hydroxyl groups excluding tert-OH is 4. The van der Waals surface area contributed by atoms with Gasteiger partial charge in [-0.15, -0.1) is 0 Å². The fraction of sp³-hybridized carbons (Fsp3) is 1.00. The van der Waals surface area contributed by atoms with Crippen molar-refractivity contribution >= 4 is 0 Å². The molecule has 5 N–H and O–H groups in total. The minimum absolute atomic E-state index is 0.138. The number of aliphatic hydroxyl groups is 5. The molecule has 0 aromatic heterocycles. The smallest absolute Gasteiger partial charge is 0.186 e. The van der Waals surface area contributed by atoms with E-state index in [4.69, 9.17) is 18.9 Å². The van der Waals surface area contributed by atoms with Gasteiger partial charge in [0.1, 0.15) is 18.3 Å². The molecule has 41 heavy (non-hydrogen) atoms. The maximum Gasteiger partial charge on any atom is 0.186 e. The molecule has 0 aromatic carbocycles. The average molecular weight is 581 g/mol. The van der Waals surface area contributed by atoms with Gasteiger partial charge in [-0.2, -0.15) is 0 Å². The van der Waals surface area contributed by atoms with Crippen LogP contribution in [0.2, 0.25) is 0 Å². The highest BCUT2D eigenvalue weighted by Crippen LogP contribution is 2.72. The Morgan fingerprint density at radius 2 is 1.63 bits per heavy atom. The lowest BCUT2D eigenvalue weighted by atomic mass is 9.42. The van der Waals surface area contributed by atoms with Crippen molar-refractivity contribution in [3.8, 4) is 0 Å². The van der Waals surface area contributed by atoms with Crippen molar-refractivity contribution in [3.05, 3.63) is 0 Å². The van der Waals surface area contributed by atoms with Crippen LogP contribution in [0.4, 0.5) is 0 Å². The summed E-state index contributed by atoms with van der Waals surface area (Å²) in [6, 6.07) is 0. The minimum Gasteiger partial charge on any atom is -0.392 e. The highest BCUT2D eigenvalue weighted by atomic mass is 16.7. The Hall–Kier alpha value is -0.360. The molecule has 0 aromatic rings. The van der Waals surface area contributed by atoms with Gasteiger partial charge in [-0.05, 0) is 73.5 Å². The normalized spacial score (nSPS) is 62.1. The molecule has 10 unspecified atom stereocenters. The number of rotatable bonds is 2. The molecule has 0 radical (unpaired) electrons. The van der Waals surface area contributed by atoms with Crippen molar-refractivity contribution in [1.82, 2.24) is 0 Å². The van der Waals surface area contributed by atoms with E-state index in [0.717, 1.165) is 45.1 Å². The third-order valence-electron chi connectivity index (χ3n) is 13.9. The summed E-state index contributed by atoms with van der Waals surface area (Å²) in [5.41, 5.74) is -1.60. The van der Waals surface area contributed by atoms with Crippen molar-refractivity contribution in [2.24, 2.45) is 46.3 Å². The molecule has 0 bridgehead atoms. The fourth-order valence-electron chi connectivity index (χ4n) is 11.5. The van der Waals surface area contributed by atoms with Crippen LogP contribution in [0.15, 0.2) is 0 Å². The molecule has 0 amide bonds. The second kappa shape index (κ2) is 9.82. The van der Waals surface area contributed by atoms with E-state index in [1.807, 2.05) is 0 Å². The van der Waals surface area contributed by atoms with Crippen molar-refractivity contribution in [3.63, 3.8) is 0 Å². The van der Waals surface area contributed by atoms with E-state index in [0.29, 0.717) is 48.9 Å². The molecule has 9 nitrogen and oxygen atoms in total. The van der Waals surface area contributed by atoms with E-state index >= 15 is 0 Å². The molecular weight excluding hydrogens is 528 g/mol. The first-order chi connectivity index (χ1) is 19.3. The molecule has 4 saturated carbocycles. The maximum absolute atomic E-state index is 12.2. The Morgan fingerprint density at radius 3 is 2.37 bits per heavy atom. The van der Waals surface area contributed by atoms with Gasteiger partial charge >= 0.3 is 0 Å². The summed E-state index contributed by atoms with van der Waals surface area (Å²) in [4.78, 5) is 0. The first kappa shape index (κ1) is 29.4. The van der Waals surface area contributed by atoms with Crippen LogP contribution in [0.3, 0.4) is 0 Å². The molecule has 7 fully saturated rings. The molecular formula is C32H52O9. The van der Waals surface area contributed by atoms with Crippen molar-refractivity contribution in [2.75, 3.05) is 13.2 Å². The first-order valence-electron chi connectivity index (χ1n) is 16.4. The Balaban J connectivity index is 1.08. The lowest BCUT2D eigenvalue weighted by molar-refractivity contribution is -0.312. The van der Waals surface area contributed by atoms with E-state index in [9.17, 15) is 25.5 Å². The average Bonchev–Trinajstić information content (AvgIpc) is 3.37. The largest absolute Gasteiger partial charge is 0.392 e. The van der Waals surface area contributed by atoms with Crippen LogP contribution in [0.5, 0.6) is 0 Å². The summed E-state index contributed by atoms with van der Waals surface area (Å²) in [6.07, 6.45) is 1.31. The monoisotopic (exact) mass is 580 g/mol. The maximum atomic E-state index is 12.2. The van der Waals surface area contributed by atoms with E-state index in [1.165, 1.54) is 0 Å². The lowest BCUT2D eigenvalue weighted by Gasteiger charge is -2.65. The van der Waals surface area contributed by atoms with E-state index in [-0.39, 0.29) is 24.0 Å². The van der Waals surface area contributed by atoms with E-state index in [1.54, 1.807) is 0 Å². The van der Waals surface area contributed by atoms with Crippen LogP contribution in [0.1, 0.15) is 85.5 Å². The number of ether oxygens (including phenoxy) is 4. The molecule has 3 aliphatic heterocycles. The second-order valence-electron chi connectivity index (χ2n) is 15.7. The summed E-state index contributed by atoms with van der Waals surface area (Å²) < 4.78 is 24.9. The summed E-state index contributed by atoms with van der Waals surface area (Å²) in [6.45, 7) is 9.85. The van der Waals surface area contributed by atoms with E-state index < -0.39 is 53.6 Å². The standard InChI is InChI=1S/C32H52O9/c1-16-5-10-32(39-14-16)17(2)25-23(41-32)12-21-19-6-9-31(37)13-18(40-28-27(36)26(35)22(33)15-38-28)11-24(34)30(31,4)20(19)7-8-29(21,25)3/h16-28,33-37H,5-15H2,1-4H3/t16?,17?,18-,19?,20?,21?,22+,23?,24+,25?,26-,27+,28-,29?,30?,31-,32?/m0/s1. The van der Waals surface area contributed by atoms with Crippen LogP contribution in [0.25, 0.3) is 0 Å². The van der Waals surface area contributed by atoms with Crippen LogP contribution in [-0.4, -0.2) is 93.0 Å². The van der Waals surface area contributed by atoms with Crippen LogP contribution in [0, 0.1) is 46.3 Å². The zero-order valence-corrected chi connectivity index (χ0v) is 25.2. The number of hydrogen-bond donors (Lipinski definition) is 5. The van der Waals surface area contributed by atoms with E-state index in [2.05, 4.69) is 27.7 Å². The van der Waals surface area contributed by atoms with Gasteiger partial charge in [0.25, 0.3) is 0 Å². The van der Waals surface area contributed by atoms with Crippen LogP contribution in [-0.2, 0) is 18.9 Å². The number of hydrogen-bond acceptors (Lipinski definition) is 9. The van der Waals surface area contributed by atoms with Crippen molar-refractivity contribution < 1.29 is 44.5 Å². The predicted octanol–water partition coefficient (Wildman–Crippen LogP) is 2.34. The summed E-state index contributed by atoms with van der Waals surface area (Å²) in [5.74, 6) is 2.13. The molecule has 9 heteroatoms. The summed E-state index contributed by atoms with van der Waals surface area (Å²) in [5, 5.41) is 54.3. The molecule has 3 heterocycles. The van der Waals surface area contributed by atoms with Crippen LogP contribution < -0.4 is 0 Å². The van der Waals surface area contributed by atoms with Gasteiger partial charge in [0.15, 0.2) is 12.1 Å². The van der Waals surface area contributed by atoms with Gasteiger partial charge in [0.2, 0.25) is 0 Å². The predicted molar refractivity (Wildman–Crippen MR) is 147 cm³/mol. The molecule has 17 atom stereocenters. The molecule has 3 saturated heterocycles. The van der Waals surface area contributed by atoms with Crippen molar-refractivity contribution in [1.29, 1.82) is 0 Å². The molecule has 1 spiro atoms. The molecule has 4 aliphatic carbocycles. The van der Waals surface area contributed by atoms with Gasteiger partial charge in [0.05, 0.1) is 37.1 Å². The van der Waals surface area contributed by atoms with Crippen LogP contribution >= 0.6 is 0 Å². The van der Waals surface area contributed by atoms with Crippen molar-refractivity contribution in [2.45, 2.75) is 140 Å². The molecule has 234 valence electrons. The third kappa shape index (κ3) is 4.06. The topological polar surface area (TPSA) is 138 Å². The molecule has 7 rings (SSSR count). The van der Waals surface area contributed by atoms with Gasteiger partial charge < -0.3 is 44.5 Å². The third-order valence-corrected chi connectivity index (χ3v) is 13.9. The minimum atomic E-state index is -1.39. The summed E-state index contributed by atoms with van der Waals surface area (Å²) in [7, 11) is 0. The Morgan fingerprint density at radius 1 is 0.854 bits per heavy atom. The zero-order chi connectivity index (χ0) is 29.1. The fourth-order valence-corrected chi connectivity index (χ4v) is 11.5. The Bertz CT molecular complexity index is 1000. The summed E-state index contributed by atoms with van der Waals surface area (Å²) >= 11 is 0. The molecule has 7 aliphatic rings. The highest BCUT2D eigenvalue weighted by Gasteiger charge is 2.72. The first-order valence-corrected chi connectivity index (χ1v) is 16.4. The van der Waals surface area contributed by atoms with Gasteiger partial charge in [-0.3, -0.25) is 0 Å². The highest BCUT2D eigenvalue weighted by molar-refractivity contribution is 5.19. The SMILES string of the molecule is CC1CCC2(OC1)OC1CC3C4CC[C@]5(O)C[C@@H](O[C@@H]6OC[C@@H](O)[C@H](O)[C@H]6O)C[C@@H](O)C5(C)C4CCC3(C)C1C2C. The van der Waals surface area contributed by atoms with Gasteiger partial charge in [0, 0.05) is 30.6 Å². The quantitative estimate of drug-likeness (QED) is 0.312. The second-order valence-corrected chi connectivity index (χ2v) is 15.7. The Labute approximate surface area is 243 Å². The van der Waals surface area contributed by atoms with Gasteiger partial charge in [-0.1, -0.05) is 27.7 Å². The Kier molecular flexibility index (Phi) is 7.03. The lowest BCUT2D eigenvalue weighted by Crippen LogP contribution is -2.68. The number of fused-ring (bicyclic) bond motifs is 7. The van der Waals surface area contributed by atoms with Gasteiger partial charge in [-0.25, -0.2) is 0 Å². The zero-order valence-electron chi connectivity index (χ0n) is 25.2.